The van der Waals surface area contributed by atoms with E-state index in [9.17, 15) is 19.8 Å². The monoisotopic (exact) mass is 434 g/mol. The molecule has 2 rings (SSSR count). The molecule has 0 bridgehead atoms. The van der Waals surface area contributed by atoms with E-state index in [1.54, 1.807) is 13.8 Å². The van der Waals surface area contributed by atoms with Gasteiger partial charge in [0.15, 0.2) is 5.41 Å². The lowest BCUT2D eigenvalue weighted by Crippen LogP contribution is -2.43. The summed E-state index contributed by atoms with van der Waals surface area (Å²) in [6.45, 7) is 7.68. The number of esters is 2. The maximum atomic E-state index is 13.1. The predicted octanol–water partition coefficient (Wildman–Crippen LogP) is 3.57. The van der Waals surface area contributed by atoms with Crippen LogP contribution < -0.4 is 0 Å². The molecule has 0 aromatic heterocycles. The van der Waals surface area contributed by atoms with E-state index < -0.39 is 17.4 Å². The summed E-state index contributed by atoms with van der Waals surface area (Å²) in [6, 6.07) is 0. The third-order valence-corrected chi connectivity index (χ3v) is 6.35. The number of ether oxygens (including phenoxy) is 2. The fraction of sp³-hybridized carbons (Fsp3) is 0.680. The number of unbranched alkanes of at least 4 members (excludes halogenated alkanes) is 2. The average molecular weight is 435 g/mol. The molecule has 1 aliphatic carbocycles. The fourth-order valence-corrected chi connectivity index (χ4v) is 4.79. The van der Waals surface area contributed by atoms with Crippen LogP contribution >= 0.6 is 0 Å². The summed E-state index contributed by atoms with van der Waals surface area (Å²) in [4.78, 5) is 26.2. The molecule has 0 aliphatic heterocycles. The number of hydrogen-bond donors (Lipinski definition) is 2. The minimum atomic E-state index is -1.41. The predicted molar refractivity (Wildman–Crippen MR) is 119 cm³/mol. The molecule has 0 heterocycles. The molecule has 6 heteroatoms. The summed E-state index contributed by atoms with van der Waals surface area (Å²) in [5, 5.41) is 20.5. The highest BCUT2D eigenvalue weighted by molar-refractivity contribution is 6.02. The summed E-state index contributed by atoms with van der Waals surface area (Å²) in [5.41, 5.74) is 3.97. The Morgan fingerprint density at radius 1 is 0.742 bits per heavy atom. The Labute approximate surface area is 185 Å². The Hall–Kier alpha value is -1.92. The van der Waals surface area contributed by atoms with Crippen LogP contribution in [0.1, 0.15) is 86.8 Å². The number of carbonyl (C=O) groups is 2. The largest absolute Gasteiger partial charge is 0.465 e. The Bertz CT molecular complexity index is 718. The van der Waals surface area contributed by atoms with Gasteiger partial charge in [-0.1, -0.05) is 26.7 Å². The summed E-state index contributed by atoms with van der Waals surface area (Å²) in [6.07, 6.45) is 5.71. The molecule has 0 saturated carbocycles. The molecular weight excluding hydrogens is 396 g/mol. The molecule has 0 atom stereocenters. The summed E-state index contributed by atoms with van der Waals surface area (Å²) in [5.74, 6) is -1.10. The molecule has 31 heavy (non-hydrogen) atoms. The van der Waals surface area contributed by atoms with Crippen LogP contribution in [0.15, 0.2) is 0 Å². The number of carbonyl (C=O) groups excluding carboxylic acids is 2. The second kappa shape index (κ2) is 11.6. The third-order valence-electron chi connectivity index (χ3n) is 6.35. The fourth-order valence-electron chi connectivity index (χ4n) is 4.79. The Balaban J connectivity index is 2.75. The topological polar surface area (TPSA) is 93.1 Å². The number of aliphatic hydroxyl groups is 2. The van der Waals surface area contributed by atoms with Crippen molar-refractivity contribution in [2.45, 2.75) is 92.3 Å². The first-order valence-corrected chi connectivity index (χ1v) is 11.7. The van der Waals surface area contributed by atoms with E-state index in [0.29, 0.717) is 0 Å². The van der Waals surface area contributed by atoms with Crippen LogP contribution in [-0.4, -0.2) is 35.4 Å². The lowest BCUT2D eigenvalue weighted by molar-refractivity contribution is -0.171. The maximum Gasteiger partial charge on any atom is 0.324 e. The molecule has 0 amide bonds. The minimum absolute atomic E-state index is 0.173. The second-order valence-corrected chi connectivity index (χ2v) is 8.27. The Kier molecular flexibility index (Phi) is 9.51. The standard InChI is InChI=1S/C25H38O6/c1-5-9-11-17-19-13-25(23(28)30-7-3,24(29)31-8-4)14-20(19)18(12-10-6-2)22(16-27)21(17)15-26/h26-27H,5-16H2,1-4H3. The normalized spacial score (nSPS) is 14.4. The van der Waals surface area contributed by atoms with Crippen molar-refractivity contribution < 1.29 is 29.3 Å². The first-order valence-electron chi connectivity index (χ1n) is 11.7. The Morgan fingerprint density at radius 2 is 1.13 bits per heavy atom. The van der Waals surface area contributed by atoms with E-state index in [1.165, 1.54) is 0 Å². The van der Waals surface area contributed by atoms with Crippen LogP contribution in [0, 0.1) is 5.41 Å². The van der Waals surface area contributed by atoms with Crippen molar-refractivity contribution in [2.24, 2.45) is 5.41 Å². The van der Waals surface area contributed by atoms with Crippen LogP contribution in [0.2, 0.25) is 0 Å². The van der Waals surface area contributed by atoms with E-state index in [-0.39, 0.29) is 39.3 Å². The van der Waals surface area contributed by atoms with E-state index in [0.717, 1.165) is 71.9 Å². The minimum Gasteiger partial charge on any atom is -0.465 e. The molecule has 0 fully saturated rings. The first-order chi connectivity index (χ1) is 14.9. The van der Waals surface area contributed by atoms with E-state index >= 15 is 0 Å². The van der Waals surface area contributed by atoms with Crippen LogP contribution in [0.5, 0.6) is 0 Å². The van der Waals surface area contributed by atoms with E-state index in [2.05, 4.69) is 13.8 Å². The zero-order chi connectivity index (χ0) is 23.0. The lowest BCUT2D eigenvalue weighted by Gasteiger charge is -2.24. The number of hydrogen-bond acceptors (Lipinski definition) is 6. The van der Waals surface area contributed by atoms with Crippen molar-refractivity contribution in [1.29, 1.82) is 0 Å². The number of fused-ring (bicyclic) bond motifs is 1. The number of aliphatic hydroxyl groups excluding tert-OH is 2. The zero-order valence-electron chi connectivity index (χ0n) is 19.5. The van der Waals surface area contributed by atoms with Gasteiger partial charge in [-0.25, -0.2) is 0 Å². The second-order valence-electron chi connectivity index (χ2n) is 8.27. The molecule has 0 unspecified atom stereocenters. The molecule has 0 saturated heterocycles. The number of benzene rings is 1. The van der Waals surface area contributed by atoms with Gasteiger partial charge in [-0.05, 0) is 72.9 Å². The van der Waals surface area contributed by atoms with Crippen molar-refractivity contribution >= 4 is 11.9 Å². The van der Waals surface area contributed by atoms with Gasteiger partial charge in [0.1, 0.15) is 0 Å². The van der Waals surface area contributed by atoms with Crippen LogP contribution in [0.25, 0.3) is 0 Å². The highest BCUT2D eigenvalue weighted by Crippen LogP contribution is 2.45. The van der Waals surface area contributed by atoms with Gasteiger partial charge in [-0.2, -0.15) is 0 Å². The highest BCUT2D eigenvalue weighted by Gasteiger charge is 2.54. The molecule has 1 aliphatic rings. The molecule has 0 spiro atoms. The molecule has 1 aromatic carbocycles. The molecule has 1 aromatic rings. The van der Waals surface area contributed by atoms with Gasteiger partial charge < -0.3 is 19.7 Å². The molecule has 0 radical (unpaired) electrons. The quantitative estimate of drug-likeness (QED) is 0.386. The molecule has 2 N–H and O–H groups in total. The Morgan fingerprint density at radius 3 is 1.42 bits per heavy atom. The van der Waals surface area contributed by atoms with Gasteiger partial charge in [0.25, 0.3) is 0 Å². The van der Waals surface area contributed by atoms with Crippen molar-refractivity contribution in [3.05, 3.63) is 33.4 Å². The van der Waals surface area contributed by atoms with Crippen molar-refractivity contribution in [2.75, 3.05) is 13.2 Å². The average Bonchev–Trinajstić information content (AvgIpc) is 3.18. The smallest absolute Gasteiger partial charge is 0.324 e. The van der Waals surface area contributed by atoms with Crippen LogP contribution in [0.3, 0.4) is 0 Å². The summed E-state index contributed by atoms with van der Waals surface area (Å²) in [7, 11) is 0. The highest BCUT2D eigenvalue weighted by atomic mass is 16.6. The summed E-state index contributed by atoms with van der Waals surface area (Å²) >= 11 is 0. The van der Waals surface area contributed by atoms with Crippen LogP contribution in [-0.2, 0) is 58.0 Å². The number of rotatable bonds is 12. The molecular formula is C25H38O6. The van der Waals surface area contributed by atoms with Crippen molar-refractivity contribution in [3.8, 4) is 0 Å². The SMILES string of the molecule is CCCCc1c(CO)c(CO)c(CCCC)c2c1CC(C(=O)OCC)(C(=O)OCC)C2. The van der Waals surface area contributed by atoms with Gasteiger partial charge in [0.05, 0.1) is 26.4 Å². The lowest BCUT2D eigenvalue weighted by atomic mass is 9.84. The first kappa shape index (κ1) is 25.3. The van der Waals surface area contributed by atoms with E-state index in [4.69, 9.17) is 9.47 Å². The van der Waals surface area contributed by atoms with Crippen LogP contribution in [0.4, 0.5) is 0 Å². The van der Waals surface area contributed by atoms with Gasteiger partial charge in [-0.3, -0.25) is 9.59 Å². The maximum absolute atomic E-state index is 13.1. The molecule has 6 nitrogen and oxygen atoms in total. The molecule has 174 valence electrons. The van der Waals surface area contributed by atoms with Crippen molar-refractivity contribution in [1.82, 2.24) is 0 Å². The van der Waals surface area contributed by atoms with Crippen molar-refractivity contribution in [3.63, 3.8) is 0 Å². The van der Waals surface area contributed by atoms with Gasteiger partial charge in [-0.15, -0.1) is 0 Å². The van der Waals surface area contributed by atoms with Gasteiger partial charge >= 0.3 is 11.9 Å². The van der Waals surface area contributed by atoms with E-state index in [1.807, 2.05) is 0 Å². The zero-order valence-corrected chi connectivity index (χ0v) is 19.5. The summed E-state index contributed by atoms with van der Waals surface area (Å²) < 4.78 is 10.7. The third kappa shape index (κ3) is 4.96. The van der Waals surface area contributed by atoms with Gasteiger partial charge in [0.2, 0.25) is 0 Å². The van der Waals surface area contributed by atoms with Gasteiger partial charge in [0, 0.05) is 12.8 Å².